The molecule has 0 fully saturated rings. The summed E-state index contributed by atoms with van der Waals surface area (Å²) < 4.78 is 4.23. The van der Waals surface area contributed by atoms with Gasteiger partial charge < -0.3 is 11.1 Å². The maximum absolute atomic E-state index is 5.95. The number of nitrogens with two attached hydrogens (primary N) is 1. The Labute approximate surface area is 111 Å². The van der Waals surface area contributed by atoms with E-state index in [0.717, 1.165) is 29.1 Å². The second-order valence-electron chi connectivity index (χ2n) is 4.40. The second-order valence-corrected chi connectivity index (χ2v) is 5.18. The molecule has 2 rings (SSSR count). The molecule has 96 valence electrons. The molecule has 1 unspecified atom stereocenters. The standard InChI is InChI=1S/C13H18N4S/c1-3-9(2)8-16-13-11(12(14)17-18-13)10-4-6-15-7-5-10/h4-7,9,16H,3,8H2,1-2H3,(H2,14,17). The molecule has 2 aromatic heterocycles. The average Bonchev–Trinajstić information content (AvgIpc) is 2.78. The minimum absolute atomic E-state index is 0.581. The molecule has 0 aliphatic rings. The third-order valence-corrected chi connectivity index (χ3v) is 3.81. The summed E-state index contributed by atoms with van der Waals surface area (Å²) >= 11 is 1.42. The van der Waals surface area contributed by atoms with Gasteiger partial charge in [0.25, 0.3) is 0 Å². The van der Waals surface area contributed by atoms with Gasteiger partial charge in [-0.3, -0.25) is 4.98 Å². The quantitative estimate of drug-likeness (QED) is 0.868. The van der Waals surface area contributed by atoms with E-state index in [1.807, 2.05) is 12.1 Å². The van der Waals surface area contributed by atoms with Crippen molar-refractivity contribution in [1.29, 1.82) is 0 Å². The summed E-state index contributed by atoms with van der Waals surface area (Å²) in [6.07, 6.45) is 4.70. The number of hydrogen-bond acceptors (Lipinski definition) is 5. The summed E-state index contributed by atoms with van der Waals surface area (Å²) in [7, 11) is 0. The molecule has 0 radical (unpaired) electrons. The number of hydrogen-bond donors (Lipinski definition) is 2. The van der Waals surface area contributed by atoms with Gasteiger partial charge in [0.1, 0.15) is 10.8 Å². The van der Waals surface area contributed by atoms with Gasteiger partial charge in [-0.2, -0.15) is 4.37 Å². The van der Waals surface area contributed by atoms with Crippen molar-refractivity contribution in [1.82, 2.24) is 9.36 Å². The lowest BCUT2D eigenvalue weighted by Gasteiger charge is -2.11. The molecule has 1 atom stereocenters. The summed E-state index contributed by atoms with van der Waals surface area (Å²) in [5.74, 6) is 1.22. The van der Waals surface area contributed by atoms with Crippen molar-refractivity contribution in [3.8, 4) is 11.1 Å². The van der Waals surface area contributed by atoms with E-state index in [4.69, 9.17) is 5.73 Å². The number of nitrogen functional groups attached to an aromatic ring is 1. The van der Waals surface area contributed by atoms with Gasteiger partial charge in [0.05, 0.1) is 5.56 Å². The molecule has 0 saturated heterocycles. The zero-order chi connectivity index (χ0) is 13.0. The fraction of sp³-hybridized carbons (Fsp3) is 0.385. The lowest BCUT2D eigenvalue weighted by Crippen LogP contribution is -2.09. The van der Waals surface area contributed by atoms with E-state index in [0.29, 0.717) is 11.7 Å². The Morgan fingerprint density at radius 2 is 2.11 bits per heavy atom. The highest BCUT2D eigenvalue weighted by Gasteiger charge is 2.13. The Balaban J connectivity index is 2.23. The Morgan fingerprint density at radius 1 is 1.39 bits per heavy atom. The van der Waals surface area contributed by atoms with Gasteiger partial charge in [-0.15, -0.1) is 0 Å². The highest BCUT2D eigenvalue weighted by molar-refractivity contribution is 7.11. The fourth-order valence-corrected chi connectivity index (χ4v) is 2.37. The van der Waals surface area contributed by atoms with Crippen LogP contribution in [0.15, 0.2) is 24.5 Å². The molecule has 18 heavy (non-hydrogen) atoms. The molecule has 0 spiro atoms. The van der Waals surface area contributed by atoms with Crippen molar-refractivity contribution in [3.05, 3.63) is 24.5 Å². The Bertz CT molecular complexity index is 495. The number of rotatable bonds is 5. The van der Waals surface area contributed by atoms with Gasteiger partial charge >= 0.3 is 0 Å². The second kappa shape index (κ2) is 5.82. The molecular weight excluding hydrogens is 244 g/mol. The van der Waals surface area contributed by atoms with Crippen LogP contribution in [0.5, 0.6) is 0 Å². The van der Waals surface area contributed by atoms with Gasteiger partial charge in [-0.25, -0.2) is 0 Å². The summed E-state index contributed by atoms with van der Waals surface area (Å²) in [4.78, 5) is 4.02. The van der Waals surface area contributed by atoms with Gasteiger partial charge in [0.2, 0.25) is 0 Å². The van der Waals surface area contributed by atoms with Crippen molar-refractivity contribution >= 4 is 22.4 Å². The number of nitrogens with one attached hydrogen (secondary N) is 1. The topological polar surface area (TPSA) is 63.8 Å². The number of nitrogens with zero attached hydrogens (tertiary/aromatic N) is 2. The molecule has 0 amide bonds. The Kier molecular flexibility index (Phi) is 4.15. The first-order valence-corrected chi connectivity index (χ1v) is 6.89. The first-order chi connectivity index (χ1) is 8.72. The predicted octanol–water partition coefficient (Wildman–Crippen LogP) is 3.25. The third-order valence-electron chi connectivity index (χ3n) is 3.00. The van der Waals surface area contributed by atoms with Gasteiger partial charge in [0, 0.05) is 18.9 Å². The number of pyridine rings is 1. The van der Waals surface area contributed by atoms with E-state index in [1.54, 1.807) is 12.4 Å². The number of aromatic nitrogens is 2. The van der Waals surface area contributed by atoms with E-state index < -0.39 is 0 Å². The smallest absolute Gasteiger partial charge is 0.147 e. The van der Waals surface area contributed by atoms with E-state index in [1.165, 1.54) is 11.5 Å². The van der Waals surface area contributed by atoms with Gasteiger partial charge in [-0.1, -0.05) is 20.3 Å². The normalized spacial score (nSPS) is 12.3. The molecule has 0 aliphatic heterocycles. The van der Waals surface area contributed by atoms with Crippen LogP contribution in [-0.4, -0.2) is 15.9 Å². The first-order valence-electron chi connectivity index (χ1n) is 6.11. The lowest BCUT2D eigenvalue weighted by atomic mass is 10.1. The van der Waals surface area contributed by atoms with E-state index in [-0.39, 0.29) is 0 Å². The maximum atomic E-state index is 5.95. The Morgan fingerprint density at radius 3 is 2.78 bits per heavy atom. The SMILES string of the molecule is CCC(C)CNc1snc(N)c1-c1ccncc1. The molecule has 3 N–H and O–H groups in total. The van der Waals surface area contributed by atoms with Gasteiger partial charge in [0.15, 0.2) is 0 Å². The van der Waals surface area contributed by atoms with Gasteiger partial charge in [-0.05, 0) is 35.1 Å². The van der Waals surface area contributed by atoms with Crippen LogP contribution in [0.2, 0.25) is 0 Å². The van der Waals surface area contributed by atoms with Crippen LogP contribution in [0.4, 0.5) is 10.8 Å². The molecule has 5 heteroatoms. The van der Waals surface area contributed by atoms with E-state index in [2.05, 4.69) is 28.5 Å². The summed E-state index contributed by atoms with van der Waals surface area (Å²) in [5, 5.41) is 4.48. The molecule has 0 aliphatic carbocycles. The minimum atomic E-state index is 0.581. The molecule has 0 bridgehead atoms. The van der Waals surface area contributed by atoms with Crippen molar-refractivity contribution in [3.63, 3.8) is 0 Å². The van der Waals surface area contributed by atoms with Crippen LogP contribution < -0.4 is 11.1 Å². The largest absolute Gasteiger partial charge is 0.382 e. The summed E-state index contributed by atoms with van der Waals surface area (Å²) in [5.41, 5.74) is 8.00. The average molecular weight is 262 g/mol. The molecular formula is C13H18N4S. The van der Waals surface area contributed by atoms with Crippen molar-refractivity contribution in [2.45, 2.75) is 20.3 Å². The van der Waals surface area contributed by atoms with E-state index in [9.17, 15) is 0 Å². The zero-order valence-corrected chi connectivity index (χ0v) is 11.5. The predicted molar refractivity (Wildman–Crippen MR) is 77.7 cm³/mol. The summed E-state index contributed by atoms with van der Waals surface area (Å²) in [6, 6.07) is 3.91. The first kappa shape index (κ1) is 12.8. The van der Waals surface area contributed by atoms with Crippen LogP contribution in [-0.2, 0) is 0 Å². The number of anilines is 2. The summed E-state index contributed by atoms with van der Waals surface area (Å²) in [6.45, 7) is 5.36. The maximum Gasteiger partial charge on any atom is 0.147 e. The Hall–Kier alpha value is -1.62. The van der Waals surface area contributed by atoms with Crippen LogP contribution >= 0.6 is 11.5 Å². The van der Waals surface area contributed by atoms with E-state index >= 15 is 0 Å². The lowest BCUT2D eigenvalue weighted by molar-refractivity contribution is 0.594. The molecule has 2 aromatic rings. The fourth-order valence-electron chi connectivity index (χ4n) is 1.63. The monoisotopic (exact) mass is 262 g/mol. The third kappa shape index (κ3) is 2.79. The highest BCUT2D eigenvalue weighted by Crippen LogP contribution is 2.36. The van der Waals surface area contributed by atoms with Crippen molar-refractivity contribution in [2.24, 2.45) is 5.92 Å². The van der Waals surface area contributed by atoms with Crippen LogP contribution in [0.3, 0.4) is 0 Å². The van der Waals surface area contributed by atoms with Crippen molar-refractivity contribution < 1.29 is 0 Å². The molecule has 0 saturated carbocycles. The van der Waals surface area contributed by atoms with Crippen LogP contribution in [0.1, 0.15) is 20.3 Å². The zero-order valence-electron chi connectivity index (χ0n) is 10.7. The van der Waals surface area contributed by atoms with Crippen LogP contribution in [0, 0.1) is 5.92 Å². The minimum Gasteiger partial charge on any atom is -0.382 e. The van der Waals surface area contributed by atoms with Crippen molar-refractivity contribution in [2.75, 3.05) is 17.6 Å². The molecule has 4 nitrogen and oxygen atoms in total. The molecule has 2 heterocycles. The molecule has 0 aromatic carbocycles. The highest BCUT2D eigenvalue weighted by atomic mass is 32.1. The van der Waals surface area contributed by atoms with Crippen LogP contribution in [0.25, 0.3) is 11.1 Å².